The second-order valence-corrected chi connectivity index (χ2v) is 6.50. The average molecular weight is 372 g/mol. The van der Waals surface area contributed by atoms with E-state index in [0.29, 0.717) is 0 Å². The minimum atomic E-state index is -1.20. The van der Waals surface area contributed by atoms with Gasteiger partial charge in [0, 0.05) is 32.7 Å². The summed E-state index contributed by atoms with van der Waals surface area (Å²) in [5.41, 5.74) is 1.85. The molecule has 8 heteroatoms. The molecule has 6 nitrogen and oxygen atoms in total. The summed E-state index contributed by atoms with van der Waals surface area (Å²) in [6, 6.07) is 5.76. The van der Waals surface area contributed by atoms with E-state index >= 15 is 0 Å². The molecular weight excluding hydrogens is 353 g/mol. The first-order valence-corrected chi connectivity index (χ1v) is 8.45. The molecule has 0 aromatic heterocycles. The Morgan fingerprint density at radius 2 is 2.04 bits per heavy atom. The number of piperazine rings is 1. The molecule has 130 valence electrons. The van der Waals surface area contributed by atoms with Crippen molar-refractivity contribution in [3.05, 3.63) is 33.8 Å². The summed E-state index contributed by atoms with van der Waals surface area (Å²) >= 11 is 11.7. The number of benzene rings is 1. The van der Waals surface area contributed by atoms with Gasteiger partial charge in [0.05, 0.1) is 17.8 Å². The normalized spacial score (nSPS) is 21.7. The summed E-state index contributed by atoms with van der Waals surface area (Å²) in [4.78, 5) is 15.5. The van der Waals surface area contributed by atoms with E-state index in [1.807, 2.05) is 18.2 Å². The highest BCUT2D eigenvalue weighted by atomic mass is 35.5. The Hall–Kier alpha value is -1.47. The lowest BCUT2D eigenvalue weighted by atomic mass is 10.1. The number of aliphatic hydroxyl groups excluding tert-OH is 1. The largest absolute Gasteiger partial charge is 0.495 e. The zero-order valence-electron chi connectivity index (χ0n) is 13.3. The summed E-state index contributed by atoms with van der Waals surface area (Å²) in [6.45, 7) is 3.89. The number of nitrogens with one attached hydrogen (secondary N) is 1. The number of ether oxygens (including phenoxy) is 1. The van der Waals surface area contributed by atoms with Gasteiger partial charge in [0.25, 0.3) is 5.91 Å². The number of halogens is 2. The third-order valence-corrected chi connectivity index (χ3v) is 5.08. The van der Waals surface area contributed by atoms with Gasteiger partial charge in [-0.1, -0.05) is 29.3 Å². The standard InChI is InChI=1S/C16H19Cl2N3O3/c1-24-12-8-10(2-3-11(12)20-6-4-19-5-7-20)9-21-15(22)13(17)14(18)16(21)23/h2-3,8,15,19,22H,4-7,9H2,1H3. The topological polar surface area (TPSA) is 65.0 Å². The van der Waals surface area contributed by atoms with Crippen LogP contribution < -0.4 is 15.0 Å². The number of hydrogen-bond acceptors (Lipinski definition) is 5. The van der Waals surface area contributed by atoms with Crippen molar-refractivity contribution in [3.63, 3.8) is 0 Å². The lowest BCUT2D eigenvalue weighted by Crippen LogP contribution is -2.43. The number of amides is 1. The van der Waals surface area contributed by atoms with Gasteiger partial charge in [0.15, 0.2) is 6.23 Å². The minimum absolute atomic E-state index is 0.0360. The van der Waals surface area contributed by atoms with E-state index in [-0.39, 0.29) is 16.6 Å². The molecule has 24 heavy (non-hydrogen) atoms. The summed E-state index contributed by atoms with van der Waals surface area (Å²) in [7, 11) is 1.62. The fourth-order valence-electron chi connectivity index (χ4n) is 2.93. The predicted molar refractivity (Wildman–Crippen MR) is 93.4 cm³/mol. The van der Waals surface area contributed by atoms with Gasteiger partial charge in [-0.25, -0.2) is 0 Å². The van der Waals surface area contributed by atoms with Crippen LogP contribution in [0.15, 0.2) is 28.3 Å². The van der Waals surface area contributed by atoms with Crippen LogP contribution in [0.3, 0.4) is 0 Å². The van der Waals surface area contributed by atoms with Crippen LogP contribution in [0.4, 0.5) is 5.69 Å². The maximum absolute atomic E-state index is 12.0. The number of aliphatic hydroxyl groups is 1. The molecule has 2 aliphatic heterocycles. The van der Waals surface area contributed by atoms with Gasteiger partial charge in [-0.3, -0.25) is 4.79 Å². The van der Waals surface area contributed by atoms with E-state index in [9.17, 15) is 9.90 Å². The van der Waals surface area contributed by atoms with Crippen molar-refractivity contribution in [3.8, 4) is 5.75 Å². The van der Waals surface area contributed by atoms with Gasteiger partial charge in [0.2, 0.25) is 0 Å². The summed E-state index contributed by atoms with van der Waals surface area (Å²) in [5.74, 6) is 0.264. The molecule has 2 N–H and O–H groups in total. The fraction of sp³-hybridized carbons (Fsp3) is 0.438. The minimum Gasteiger partial charge on any atom is -0.495 e. The second kappa shape index (κ2) is 7.19. The molecule has 3 rings (SSSR count). The molecule has 0 aliphatic carbocycles. The quantitative estimate of drug-likeness (QED) is 0.838. The average Bonchev–Trinajstić information content (AvgIpc) is 2.80. The zero-order chi connectivity index (χ0) is 17.3. The molecule has 0 radical (unpaired) electrons. The van der Waals surface area contributed by atoms with Crippen molar-refractivity contribution in [2.45, 2.75) is 12.8 Å². The van der Waals surface area contributed by atoms with Crippen molar-refractivity contribution in [2.24, 2.45) is 0 Å². The van der Waals surface area contributed by atoms with E-state index in [4.69, 9.17) is 27.9 Å². The third kappa shape index (κ3) is 3.19. The number of rotatable bonds is 4. The Bertz CT molecular complexity index is 675. The van der Waals surface area contributed by atoms with Crippen molar-refractivity contribution >= 4 is 34.8 Å². The molecular formula is C16H19Cl2N3O3. The Balaban J connectivity index is 1.79. The first-order valence-electron chi connectivity index (χ1n) is 7.69. The van der Waals surface area contributed by atoms with Crippen molar-refractivity contribution in [1.82, 2.24) is 10.2 Å². The van der Waals surface area contributed by atoms with Crippen LogP contribution in [-0.4, -0.2) is 55.4 Å². The number of anilines is 1. The monoisotopic (exact) mass is 371 g/mol. The summed E-state index contributed by atoms with van der Waals surface area (Å²) in [6.07, 6.45) is -1.20. The number of nitrogens with zero attached hydrogens (tertiary/aromatic N) is 2. The molecule has 1 amide bonds. The van der Waals surface area contributed by atoms with Crippen LogP contribution in [-0.2, 0) is 11.3 Å². The molecule has 0 spiro atoms. The maximum atomic E-state index is 12.0. The highest BCUT2D eigenvalue weighted by Gasteiger charge is 2.36. The van der Waals surface area contributed by atoms with E-state index in [1.165, 1.54) is 4.90 Å². The summed E-state index contributed by atoms with van der Waals surface area (Å²) < 4.78 is 5.51. The molecule has 2 aliphatic rings. The van der Waals surface area contributed by atoms with Crippen molar-refractivity contribution in [2.75, 3.05) is 38.2 Å². The molecule has 1 atom stereocenters. The fourth-order valence-corrected chi connectivity index (χ4v) is 3.34. The SMILES string of the molecule is COc1cc(CN2C(=O)C(Cl)=C(Cl)C2O)ccc1N1CCNCC1. The van der Waals surface area contributed by atoms with E-state index < -0.39 is 12.1 Å². The van der Waals surface area contributed by atoms with Crippen LogP contribution in [0.5, 0.6) is 5.75 Å². The van der Waals surface area contributed by atoms with Crippen molar-refractivity contribution in [1.29, 1.82) is 0 Å². The van der Waals surface area contributed by atoms with Crippen molar-refractivity contribution < 1.29 is 14.6 Å². The second-order valence-electron chi connectivity index (χ2n) is 5.71. The Morgan fingerprint density at radius 1 is 1.33 bits per heavy atom. The molecule has 1 aromatic carbocycles. The maximum Gasteiger partial charge on any atom is 0.269 e. The predicted octanol–water partition coefficient (Wildman–Crippen LogP) is 1.45. The molecule has 0 saturated carbocycles. The van der Waals surface area contributed by atoms with Crippen LogP contribution in [0, 0.1) is 0 Å². The highest BCUT2D eigenvalue weighted by Crippen LogP contribution is 2.33. The van der Waals surface area contributed by atoms with Gasteiger partial charge in [0.1, 0.15) is 10.8 Å². The Labute approximate surface area is 150 Å². The van der Waals surface area contributed by atoms with Crippen LogP contribution in [0.2, 0.25) is 0 Å². The zero-order valence-corrected chi connectivity index (χ0v) is 14.8. The number of carbonyl (C=O) groups is 1. The molecule has 0 bridgehead atoms. The summed E-state index contributed by atoms with van der Waals surface area (Å²) in [5, 5.41) is 13.2. The van der Waals surface area contributed by atoms with Gasteiger partial charge >= 0.3 is 0 Å². The smallest absolute Gasteiger partial charge is 0.269 e. The highest BCUT2D eigenvalue weighted by molar-refractivity contribution is 6.49. The lowest BCUT2D eigenvalue weighted by molar-refractivity contribution is -0.132. The van der Waals surface area contributed by atoms with Gasteiger partial charge in [-0.2, -0.15) is 0 Å². The molecule has 1 fully saturated rings. The van der Waals surface area contributed by atoms with Crippen LogP contribution >= 0.6 is 23.2 Å². The lowest BCUT2D eigenvalue weighted by Gasteiger charge is -2.31. The first-order chi connectivity index (χ1) is 11.5. The first kappa shape index (κ1) is 17.4. The number of hydrogen-bond donors (Lipinski definition) is 2. The molecule has 1 saturated heterocycles. The number of carbonyl (C=O) groups excluding carboxylic acids is 1. The van der Waals surface area contributed by atoms with E-state index in [1.54, 1.807) is 7.11 Å². The molecule has 1 aromatic rings. The van der Waals surface area contributed by atoms with E-state index in [2.05, 4.69) is 10.2 Å². The Morgan fingerprint density at radius 3 is 2.62 bits per heavy atom. The number of methoxy groups -OCH3 is 1. The molecule has 2 heterocycles. The Kier molecular flexibility index (Phi) is 5.20. The van der Waals surface area contributed by atoms with Crippen LogP contribution in [0.25, 0.3) is 0 Å². The molecule has 1 unspecified atom stereocenters. The van der Waals surface area contributed by atoms with E-state index in [0.717, 1.165) is 43.2 Å². The van der Waals surface area contributed by atoms with Gasteiger partial charge in [-0.05, 0) is 17.7 Å². The third-order valence-electron chi connectivity index (χ3n) is 4.23. The van der Waals surface area contributed by atoms with Gasteiger partial charge in [-0.15, -0.1) is 0 Å². The van der Waals surface area contributed by atoms with Crippen LogP contribution in [0.1, 0.15) is 5.56 Å². The van der Waals surface area contributed by atoms with Gasteiger partial charge < -0.3 is 25.0 Å².